The van der Waals surface area contributed by atoms with E-state index in [0.717, 1.165) is 21.9 Å². The maximum absolute atomic E-state index is 8.93. The van der Waals surface area contributed by atoms with E-state index < -0.39 is 0 Å². The molecule has 102 valence electrons. The van der Waals surface area contributed by atoms with Gasteiger partial charge in [0.2, 0.25) is 0 Å². The van der Waals surface area contributed by atoms with E-state index in [4.69, 9.17) is 26.3 Å². The van der Waals surface area contributed by atoms with E-state index in [2.05, 4.69) is 6.07 Å². The zero-order valence-electron chi connectivity index (χ0n) is 11.3. The molecule has 2 aromatic rings. The van der Waals surface area contributed by atoms with Crippen LogP contribution in [0.5, 0.6) is 11.5 Å². The number of ether oxygens (including phenoxy) is 2. The van der Waals surface area contributed by atoms with Crippen molar-refractivity contribution in [3.8, 4) is 17.6 Å². The molecule has 0 aromatic heterocycles. The third kappa shape index (κ3) is 3.23. The highest BCUT2D eigenvalue weighted by atomic mass is 35.5. The molecule has 0 spiro atoms. The van der Waals surface area contributed by atoms with Gasteiger partial charge in [0.05, 0.1) is 12.7 Å². The van der Waals surface area contributed by atoms with E-state index in [-0.39, 0.29) is 0 Å². The summed E-state index contributed by atoms with van der Waals surface area (Å²) in [6.07, 6.45) is 0. The smallest absolute Gasteiger partial charge is 0.137 e. The first-order chi connectivity index (χ1) is 9.63. The van der Waals surface area contributed by atoms with Crippen molar-refractivity contribution in [1.82, 2.24) is 0 Å². The maximum Gasteiger partial charge on any atom is 0.137 e. The Bertz CT molecular complexity index is 662. The molecule has 0 saturated heterocycles. The summed E-state index contributed by atoms with van der Waals surface area (Å²) in [4.78, 5) is 0. The van der Waals surface area contributed by atoms with Gasteiger partial charge in [0.25, 0.3) is 0 Å². The van der Waals surface area contributed by atoms with Gasteiger partial charge in [-0.1, -0.05) is 17.7 Å². The van der Waals surface area contributed by atoms with Crippen molar-refractivity contribution in [2.24, 2.45) is 0 Å². The van der Waals surface area contributed by atoms with Crippen LogP contribution < -0.4 is 9.47 Å². The fraction of sp³-hybridized carbons (Fsp3) is 0.188. The predicted molar refractivity (Wildman–Crippen MR) is 78.2 cm³/mol. The van der Waals surface area contributed by atoms with Gasteiger partial charge in [0.15, 0.2) is 0 Å². The highest BCUT2D eigenvalue weighted by molar-refractivity contribution is 6.31. The van der Waals surface area contributed by atoms with Crippen molar-refractivity contribution in [3.05, 3.63) is 58.1 Å². The molecule has 0 aliphatic rings. The molecule has 3 nitrogen and oxygen atoms in total. The lowest BCUT2D eigenvalue weighted by atomic mass is 10.1. The number of aryl methyl sites for hydroxylation is 1. The Kier molecular flexibility index (Phi) is 4.49. The molecular formula is C16H14ClNO2. The molecule has 2 rings (SSSR count). The Labute approximate surface area is 123 Å². The van der Waals surface area contributed by atoms with Crippen LogP contribution in [0.3, 0.4) is 0 Å². The molecule has 0 N–H and O–H groups in total. The number of nitriles is 1. The Morgan fingerprint density at radius 2 is 2.00 bits per heavy atom. The minimum Gasteiger partial charge on any atom is -0.495 e. The molecule has 0 aliphatic heterocycles. The lowest BCUT2D eigenvalue weighted by Gasteiger charge is -2.09. The van der Waals surface area contributed by atoms with Crippen LogP contribution in [0.2, 0.25) is 5.02 Å². The molecule has 0 atom stereocenters. The summed E-state index contributed by atoms with van der Waals surface area (Å²) in [5.74, 6) is 1.32. The van der Waals surface area contributed by atoms with Gasteiger partial charge in [0, 0.05) is 5.02 Å². The lowest BCUT2D eigenvalue weighted by molar-refractivity contribution is 0.305. The zero-order chi connectivity index (χ0) is 14.5. The molecule has 20 heavy (non-hydrogen) atoms. The number of hydrogen-bond acceptors (Lipinski definition) is 3. The van der Waals surface area contributed by atoms with Gasteiger partial charge in [-0.15, -0.1) is 0 Å². The summed E-state index contributed by atoms with van der Waals surface area (Å²) in [7, 11) is 1.55. The van der Waals surface area contributed by atoms with E-state index in [1.54, 1.807) is 19.2 Å². The molecule has 0 radical (unpaired) electrons. The average molecular weight is 288 g/mol. The molecule has 0 unspecified atom stereocenters. The van der Waals surface area contributed by atoms with Crippen LogP contribution in [0.4, 0.5) is 0 Å². The van der Waals surface area contributed by atoms with Crippen LogP contribution >= 0.6 is 11.6 Å². The van der Waals surface area contributed by atoms with Crippen LogP contribution in [0, 0.1) is 18.3 Å². The van der Waals surface area contributed by atoms with Crippen molar-refractivity contribution in [2.45, 2.75) is 13.5 Å². The number of halogens is 1. The number of nitrogens with zero attached hydrogens (tertiary/aromatic N) is 1. The Morgan fingerprint density at radius 1 is 1.20 bits per heavy atom. The highest BCUT2D eigenvalue weighted by Gasteiger charge is 2.05. The lowest BCUT2D eigenvalue weighted by Crippen LogP contribution is -1.97. The van der Waals surface area contributed by atoms with Crippen LogP contribution in [0.25, 0.3) is 0 Å². The van der Waals surface area contributed by atoms with Gasteiger partial charge in [0.1, 0.15) is 24.2 Å². The van der Waals surface area contributed by atoms with Crippen molar-refractivity contribution in [3.63, 3.8) is 0 Å². The monoisotopic (exact) mass is 287 g/mol. The minimum atomic E-state index is 0.406. The molecule has 0 bridgehead atoms. The fourth-order valence-corrected chi connectivity index (χ4v) is 1.91. The van der Waals surface area contributed by atoms with Gasteiger partial charge >= 0.3 is 0 Å². The van der Waals surface area contributed by atoms with Gasteiger partial charge < -0.3 is 9.47 Å². The number of rotatable bonds is 4. The summed E-state index contributed by atoms with van der Waals surface area (Å²) >= 11 is 5.97. The van der Waals surface area contributed by atoms with Crippen molar-refractivity contribution >= 4 is 11.6 Å². The first-order valence-electron chi connectivity index (χ1n) is 6.10. The van der Waals surface area contributed by atoms with Crippen molar-refractivity contribution in [2.75, 3.05) is 7.11 Å². The van der Waals surface area contributed by atoms with Crippen molar-refractivity contribution in [1.29, 1.82) is 5.26 Å². The topological polar surface area (TPSA) is 42.2 Å². The van der Waals surface area contributed by atoms with Gasteiger partial charge in [-0.3, -0.25) is 0 Å². The van der Waals surface area contributed by atoms with E-state index in [9.17, 15) is 0 Å². The van der Waals surface area contributed by atoms with Gasteiger partial charge in [-0.2, -0.15) is 5.26 Å². The molecular weight excluding hydrogens is 274 g/mol. The third-order valence-electron chi connectivity index (χ3n) is 2.92. The van der Waals surface area contributed by atoms with Gasteiger partial charge in [-0.05, 0) is 48.4 Å². The highest BCUT2D eigenvalue weighted by Crippen LogP contribution is 2.23. The largest absolute Gasteiger partial charge is 0.495 e. The predicted octanol–water partition coefficient (Wildman–Crippen LogP) is 4.11. The molecule has 0 heterocycles. The minimum absolute atomic E-state index is 0.406. The van der Waals surface area contributed by atoms with E-state index in [1.807, 2.05) is 31.2 Å². The SMILES string of the molecule is COc1cc(COc2ccc(Cl)c(C)c2)ccc1C#N. The van der Waals surface area contributed by atoms with Crippen LogP contribution in [-0.2, 0) is 6.61 Å². The normalized spacial score (nSPS) is 9.90. The Morgan fingerprint density at radius 3 is 2.65 bits per heavy atom. The number of hydrogen-bond donors (Lipinski definition) is 0. The number of benzene rings is 2. The summed E-state index contributed by atoms with van der Waals surface area (Å²) in [6.45, 7) is 2.34. The summed E-state index contributed by atoms with van der Waals surface area (Å²) in [6, 6.07) is 13.0. The molecule has 4 heteroatoms. The second-order valence-corrected chi connectivity index (χ2v) is 4.75. The van der Waals surface area contributed by atoms with Crippen LogP contribution in [0.15, 0.2) is 36.4 Å². The number of methoxy groups -OCH3 is 1. The quantitative estimate of drug-likeness (QED) is 0.850. The molecule has 0 amide bonds. The first-order valence-corrected chi connectivity index (χ1v) is 6.48. The third-order valence-corrected chi connectivity index (χ3v) is 3.35. The van der Waals surface area contributed by atoms with E-state index >= 15 is 0 Å². The fourth-order valence-electron chi connectivity index (χ4n) is 1.79. The average Bonchev–Trinajstić information content (AvgIpc) is 2.48. The van der Waals surface area contributed by atoms with E-state index in [1.165, 1.54) is 0 Å². The van der Waals surface area contributed by atoms with Crippen LogP contribution in [-0.4, -0.2) is 7.11 Å². The zero-order valence-corrected chi connectivity index (χ0v) is 12.1. The summed E-state index contributed by atoms with van der Waals surface area (Å²) in [5.41, 5.74) is 2.42. The molecule has 0 saturated carbocycles. The Hall–Kier alpha value is -2.18. The standard InChI is InChI=1S/C16H14ClNO2/c1-11-7-14(5-6-15(11)17)20-10-12-3-4-13(9-18)16(8-12)19-2/h3-8H,10H2,1-2H3. The summed E-state index contributed by atoms with van der Waals surface area (Å²) < 4.78 is 10.9. The summed E-state index contributed by atoms with van der Waals surface area (Å²) in [5, 5.41) is 9.65. The second kappa shape index (κ2) is 6.31. The molecule has 0 aliphatic carbocycles. The molecule has 0 fully saturated rings. The van der Waals surface area contributed by atoms with Gasteiger partial charge in [-0.25, -0.2) is 0 Å². The van der Waals surface area contributed by atoms with E-state index in [0.29, 0.717) is 17.9 Å². The van der Waals surface area contributed by atoms with Crippen LogP contribution in [0.1, 0.15) is 16.7 Å². The maximum atomic E-state index is 8.93. The van der Waals surface area contributed by atoms with Crippen molar-refractivity contribution < 1.29 is 9.47 Å². The second-order valence-electron chi connectivity index (χ2n) is 4.35. The first kappa shape index (κ1) is 14.2. The Balaban J connectivity index is 2.11. The molecule has 2 aromatic carbocycles.